The summed E-state index contributed by atoms with van der Waals surface area (Å²) in [7, 11) is -3.74. The SMILES string of the molecule is CC1=C(C(=O)Nc2cc(F)c(F)c(Cl)c2)CC=C(S(=O)(=O)NC2(C)COC2)S1. The number of allylic oxidation sites excluding steroid dienone is 2. The fraction of sp³-hybridized carbons (Fsp3) is 0.353. The number of ether oxygens (including phenoxy) is 1. The molecule has 28 heavy (non-hydrogen) atoms. The van der Waals surface area contributed by atoms with Crippen LogP contribution < -0.4 is 10.0 Å². The van der Waals surface area contributed by atoms with E-state index >= 15 is 0 Å². The van der Waals surface area contributed by atoms with Crippen molar-refractivity contribution in [1.29, 1.82) is 0 Å². The molecule has 0 bridgehead atoms. The Morgan fingerprint density at radius 3 is 2.54 bits per heavy atom. The summed E-state index contributed by atoms with van der Waals surface area (Å²) < 4.78 is 59.5. The standard InChI is InChI=1S/C17H17ClF2N2O4S2/c1-9-11(16(23)21-10-5-12(18)15(20)13(19)6-10)3-4-14(27-9)28(24,25)22-17(2)7-26-8-17/h4-6,22H,3,7-8H2,1-2H3,(H,21,23). The molecule has 0 aliphatic carbocycles. The van der Waals surface area contributed by atoms with E-state index in [2.05, 4.69) is 10.0 Å². The third-order valence-electron chi connectivity index (χ3n) is 4.15. The first-order valence-corrected chi connectivity index (χ1v) is 10.8. The average molecular weight is 451 g/mol. The topological polar surface area (TPSA) is 84.5 Å². The number of hydrogen-bond acceptors (Lipinski definition) is 5. The molecule has 0 aromatic heterocycles. The van der Waals surface area contributed by atoms with E-state index in [0.29, 0.717) is 23.7 Å². The van der Waals surface area contributed by atoms with Gasteiger partial charge in [-0.2, -0.15) is 0 Å². The van der Waals surface area contributed by atoms with Gasteiger partial charge in [0.1, 0.15) is 4.24 Å². The van der Waals surface area contributed by atoms with Gasteiger partial charge in [-0.3, -0.25) is 4.79 Å². The number of nitrogens with one attached hydrogen (secondary N) is 2. The van der Waals surface area contributed by atoms with Crippen LogP contribution in [0.3, 0.4) is 0 Å². The number of carbonyl (C=O) groups excluding carboxylic acids is 1. The molecule has 2 heterocycles. The van der Waals surface area contributed by atoms with Gasteiger partial charge in [0.25, 0.3) is 5.91 Å². The van der Waals surface area contributed by atoms with Crippen molar-refractivity contribution in [2.24, 2.45) is 0 Å². The van der Waals surface area contributed by atoms with E-state index in [1.807, 2.05) is 0 Å². The highest BCUT2D eigenvalue weighted by Crippen LogP contribution is 2.38. The average Bonchev–Trinajstić information content (AvgIpc) is 2.57. The maximum atomic E-state index is 13.4. The van der Waals surface area contributed by atoms with Gasteiger partial charge in [-0.05, 0) is 31.2 Å². The van der Waals surface area contributed by atoms with Gasteiger partial charge in [0.2, 0.25) is 10.0 Å². The van der Waals surface area contributed by atoms with Crippen molar-refractivity contribution in [2.75, 3.05) is 18.5 Å². The van der Waals surface area contributed by atoms with E-state index < -0.39 is 38.1 Å². The fourth-order valence-electron chi connectivity index (χ4n) is 2.68. The predicted molar refractivity (Wildman–Crippen MR) is 104 cm³/mol. The summed E-state index contributed by atoms with van der Waals surface area (Å²) in [4.78, 5) is 13.0. The molecule has 0 spiro atoms. The van der Waals surface area contributed by atoms with Crippen LogP contribution in [-0.2, 0) is 19.6 Å². The van der Waals surface area contributed by atoms with E-state index in [-0.39, 0.29) is 16.3 Å². The van der Waals surface area contributed by atoms with Crippen LogP contribution in [0.25, 0.3) is 0 Å². The molecule has 2 aliphatic rings. The van der Waals surface area contributed by atoms with E-state index in [1.54, 1.807) is 13.8 Å². The monoisotopic (exact) mass is 450 g/mol. The Bertz CT molecular complexity index is 981. The van der Waals surface area contributed by atoms with Crippen molar-refractivity contribution in [1.82, 2.24) is 4.72 Å². The van der Waals surface area contributed by atoms with Crippen LogP contribution in [0, 0.1) is 11.6 Å². The van der Waals surface area contributed by atoms with Gasteiger partial charge in [0.05, 0.1) is 23.8 Å². The Balaban J connectivity index is 1.71. The largest absolute Gasteiger partial charge is 0.377 e. The van der Waals surface area contributed by atoms with Crippen LogP contribution in [0.15, 0.2) is 32.9 Å². The number of rotatable bonds is 5. The van der Waals surface area contributed by atoms with Gasteiger partial charge in [-0.15, -0.1) is 0 Å². The summed E-state index contributed by atoms with van der Waals surface area (Å²) in [5.41, 5.74) is -0.314. The first-order valence-electron chi connectivity index (χ1n) is 8.16. The number of thioether (sulfide) groups is 1. The minimum atomic E-state index is -3.74. The molecule has 1 aromatic carbocycles. The Hall–Kier alpha value is -1.46. The molecule has 152 valence electrons. The lowest BCUT2D eigenvalue weighted by Gasteiger charge is -2.38. The zero-order valence-electron chi connectivity index (χ0n) is 14.9. The van der Waals surface area contributed by atoms with Gasteiger partial charge in [-0.25, -0.2) is 21.9 Å². The minimum Gasteiger partial charge on any atom is -0.377 e. The van der Waals surface area contributed by atoms with Gasteiger partial charge < -0.3 is 10.1 Å². The van der Waals surface area contributed by atoms with Crippen LogP contribution in [0.2, 0.25) is 5.02 Å². The first kappa shape index (κ1) is 21.3. The smallest absolute Gasteiger partial charge is 0.252 e. The number of benzene rings is 1. The fourth-order valence-corrected chi connectivity index (χ4v) is 5.76. The van der Waals surface area contributed by atoms with Gasteiger partial charge in [0, 0.05) is 17.3 Å². The number of sulfonamides is 1. The van der Waals surface area contributed by atoms with Crippen LogP contribution in [-0.4, -0.2) is 33.1 Å². The molecule has 11 heteroatoms. The summed E-state index contributed by atoms with van der Waals surface area (Å²) in [5, 5.41) is 2.00. The second kappa shape index (κ2) is 7.75. The molecule has 3 rings (SSSR count). The van der Waals surface area contributed by atoms with Crippen LogP contribution in [0.5, 0.6) is 0 Å². The predicted octanol–water partition coefficient (Wildman–Crippen LogP) is 3.52. The Morgan fingerprint density at radius 2 is 2.00 bits per heavy atom. The van der Waals surface area contributed by atoms with Crippen molar-refractivity contribution in [2.45, 2.75) is 25.8 Å². The number of amides is 1. The Kier molecular flexibility index (Phi) is 5.88. The van der Waals surface area contributed by atoms with Crippen LogP contribution in [0.1, 0.15) is 20.3 Å². The van der Waals surface area contributed by atoms with Gasteiger partial charge >= 0.3 is 0 Å². The van der Waals surface area contributed by atoms with Crippen LogP contribution >= 0.6 is 23.4 Å². The normalized spacial score (nSPS) is 19.1. The molecule has 0 saturated carbocycles. The lowest BCUT2D eigenvalue weighted by molar-refractivity contribution is -0.112. The van der Waals surface area contributed by atoms with E-state index in [0.717, 1.165) is 23.9 Å². The molecular formula is C17H17ClF2N2O4S2. The van der Waals surface area contributed by atoms with Crippen molar-refractivity contribution in [3.05, 3.63) is 49.6 Å². The number of hydrogen-bond donors (Lipinski definition) is 2. The lowest BCUT2D eigenvalue weighted by Crippen LogP contribution is -2.59. The Morgan fingerprint density at radius 1 is 1.32 bits per heavy atom. The van der Waals surface area contributed by atoms with E-state index in [1.165, 1.54) is 6.08 Å². The Labute approximate surface area is 170 Å². The van der Waals surface area contributed by atoms with E-state index in [4.69, 9.17) is 16.3 Å². The second-order valence-corrected chi connectivity index (χ2v) is 10.3. The maximum absolute atomic E-state index is 13.4. The van der Waals surface area contributed by atoms with Crippen molar-refractivity contribution in [3.63, 3.8) is 0 Å². The third-order valence-corrected chi connectivity index (χ3v) is 7.72. The first-order chi connectivity index (χ1) is 13.0. The quantitative estimate of drug-likeness (QED) is 0.670. The molecule has 2 N–H and O–H groups in total. The number of halogens is 3. The van der Waals surface area contributed by atoms with Crippen molar-refractivity contribution < 1.29 is 26.7 Å². The highest BCUT2D eigenvalue weighted by molar-refractivity contribution is 8.20. The third kappa shape index (κ3) is 4.41. The molecule has 1 aromatic rings. The molecular weight excluding hydrogens is 434 g/mol. The summed E-state index contributed by atoms with van der Waals surface area (Å²) >= 11 is 6.53. The maximum Gasteiger partial charge on any atom is 0.252 e. The molecule has 6 nitrogen and oxygen atoms in total. The number of carbonyl (C=O) groups is 1. The molecule has 1 fully saturated rings. The molecule has 0 radical (unpaired) electrons. The van der Waals surface area contributed by atoms with Crippen molar-refractivity contribution >= 4 is 45.0 Å². The van der Waals surface area contributed by atoms with Crippen molar-refractivity contribution in [3.8, 4) is 0 Å². The minimum absolute atomic E-state index is 0.00109. The van der Waals surface area contributed by atoms with Gasteiger partial charge in [0.15, 0.2) is 11.6 Å². The molecule has 0 atom stereocenters. The molecule has 0 unspecified atom stereocenters. The molecule has 2 aliphatic heterocycles. The summed E-state index contributed by atoms with van der Waals surface area (Å²) in [6, 6.07) is 1.92. The van der Waals surface area contributed by atoms with Gasteiger partial charge in [-0.1, -0.05) is 29.4 Å². The highest BCUT2D eigenvalue weighted by atomic mass is 35.5. The lowest BCUT2D eigenvalue weighted by atomic mass is 10.0. The second-order valence-electron chi connectivity index (χ2n) is 6.73. The summed E-state index contributed by atoms with van der Waals surface area (Å²) in [5.74, 6) is -2.93. The summed E-state index contributed by atoms with van der Waals surface area (Å²) in [6.07, 6.45) is 1.52. The van der Waals surface area contributed by atoms with E-state index in [9.17, 15) is 22.0 Å². The highest BCUT2D eigenvalue weighted by Gasteiger charge is 2.39. The molecule has 1 saturated heterocycles. The number of anilines is 1. The summed E-state index contributed by atoms with van der Waals surface area (Å²) in [6.45, 7) is 3.96. The van der Waals surface area contributed by atoms with Crippen LogP contribution in [0.4, 0.5) is 14.5 Å². The zero-order chi connectivity index (χ0) is 20.7. The molecule has 1 amide bonds. The zero-order valence-corrected chi connectivity index (χ0v) is 17.3.